The minimum absolute atomic E-state index is 0. The van der Waals surface area contributed by atoms with Crippen LogP contribution < -0.4 is 29.6 Å². The van der Waals surface area contributed by atoms with Crippen molar-refractivity contribution in [1.29, 1.82) is 0 Å². The fraction of sp³-hybridized carbons (Fsp3) is 0.875. The molecule has 5 heteroatoms. The molecule has 37 heavy (non-hydrogen) atoms. The third-order valence-electron chi connectivity index (χ3n) is 6.84. The molecule has 0 radical (unpaired) electrons. The number of carbonyl (C=O) groups excluding carboxylic acids is 2. The fourth-order valence-electron chi connectivity index (χ4n) is 4.46. The van der Waals surface area contributed by atoms with Crippen molar-refractivity contribution in [2.45, 2.75) is 168 Å². The monoisotopic (exact) mass is 532 g/mol. The van der Waals surface area contributed by atoms with Crippen molar-refractivity contribution in [2.24, 2.45) is 0 Å². The van der Waals surface area contributed by atoms with Crippen molar-refractivity contribution in [1.82, 2.24) is 0 Å². The molecule has 4 nitrogen and oxygen atoms in total. The molecule has 0 aliphatic rings. The molecule has 0 saturated heterocycles. The quantitative estimate of drug-likeness (QED) is 0.0465. The zero-order valence-corrected chi connectivity index (χ0v) is 27.2. The van der Waals surface area contributed by atoms with Crippen LogP contribution in [0.2, 0.25) is 0 Å². The molecule has 0 spiro atoms. The maximum Gasteiger partial charge on any atom is 1.00 e. The van der Waals surface area contributed by atoms with Gasteiger partial charge in [0.2, 0.25) is 0 Å². The van der Waals surface area contributed by atoms with Crippen LogP contribution in [0, 0.1) is 0 Å². The summed E-state index contributed by atoms with van der Waals surface area (Å²) in [7, 11) is 0. The number of rotatable bonds is 28. The molecular formula is C32H61NaO4. The maximum absolute atomic E-state index is 11.7. The zero-order chi connectivity index (χ0) is 26.4. The molecule has 0 aliphatic heterocycles. The van der Waals surface area contributed by atoms with E-state index in [2.05, 4.69) is 13.8 Å². The number of unbranched alkanes of at least 4 members (excludes halogenated alkanes) is 22. The Labute approximate surface area is 254 Å². The van der Waals surface area contributed by atoms with Gasteiger partial charge in [-0.15, -0.1) is 0 Å². The van der Waals surface area contributed by atoms with Crippen molar-refractivity contribution >= 4 is 11.9 Å². The van der Waals surface area contributed by atoms with E-state index in [-0.39, 0.29) is 31.0 Å². The van der Waals surface area contributed by atoms with Gasteiger partial charge in [-0.05, 0) is 12.8 Å². The van der Waals surface area contributed by atoms with Crippen LogP contribution >= 0.6 is 0 Å². The van der Waals surface area contributed by atoms with E-state index in [4.69, 9.17) is 9.47 Å². The number of hydrogen-bond acceptors (Lipinski definition) is 4. The third kappa shape index (κ3) is 33.7. The number of esters is 2. The largest absolute Gasteiger partial charge is 1.00 e. The van der Waals surface area contributed by atoms with E-state index in [9.17, 15) is 9.59 Å². The molecule has 0 aromatic carbocycles. The van der Waals surface area contributed by atoms with Crippen molar-refractivity contribution in [3.8, 4) is 0 Å². The van der Waals surface area contributed by atoms with Crippen LogP contribution in [0.25, 0.3) is 0 Å². The van der Waals surface area contributed by atoms with E-state index in [1.54, 1.807) is 0 Å². The van der Waals surface area contributed by atoms with Crippen LogP contribution in [-0.2, 0) is 19.1 Å². The van der Waals surface area contributed by atoms with Gasteiger partial charge >= 0.3 is 41.5 Å². The van der Waals surface area contributed by atoms with Crippen molar-refractivity contribution < 1.29 is 50.0 Å². The van der Waals surface area contributed by atoms with E-state index in [1.807, 2.05) is 0 Å². The van der Waals surface area contributed by atoms with Crippen LogP contribution in [0.5, 0.6) is 0 Å². The second-order valence-electron chi connectivity index (χ2n) is 10.4. The SMILES string of the molecule is CCCCCCCCCCCCCCOC(=O)/C=C\C(=O)OCCCCCCCCCCCCCC.[H-].[Na+]. The predicted octanol–water partition coefficient (Wildman–Crippen LogP) is 7.15. The van der Waals surface area contributed by atoms with Crippen molar-refractivity contribution in [2.75, 3.05) is 13.2 Å². The van der Waals surface area contributed by atoms with Crippen LogP contribution in [0.1, 0.15) is 169 Å². The first-order valence-corrected chi connectivity index (χ1v) is 15.7. The summed E-state index contributed by atoms with van der Waals surface area (Å²) in [5, 5.41) is 0. The summed E-state index contributed by atoms with van der Waals surface area (Å²) in [6.07, 6.45) is 33.1. The Morgan fingerprint density at radius 1 is 0.432 bits per heavy atom. The standard InChI is InChI=1S/C32H60O4.Na.H/c1-3-5-7-9-11-13-15-17-19-21-23-25-29-35-31(33)27-28-32(34)36-30-26-24-22-20-18-16-14-12-10-8-6-4-2;;/h27-28H,3-26,29-30H2,1-2H3;;/q;+1;-1/b28-27-;;. The Hall–Kier alpha value is -0.320. The molecule has 214 valence electrons. The van der Waals surface area contributed by atoms with Crippen LogP contribution in [0.3, 0.4) is 0 Å². The molecule has 0 N–H and O–H groups in total. The average molecular weight is 533 g/mol. The van der Waals surface area contributed by atoms with Gasteiger partial charge in [-0.2, -0.15) is 0 Å². The Bertz CT molecular complexity index is 470. The van der Waals surface area contributed by atoms with Gasteiger partial charge in [-0.3, -0.25) is 0 Å². The zero-order valence-electron chi connectivity index (χ0n) is 26.2. The van der Waals surface area contributed by atoms with E-state index < -0.39 is 11.9 Å². The Kier molecular flexibility index (Phi) is 35.4. The van der Waals surface area contributed by atoms with E-state index >= 15 is 0 Å². The van der Waals surface area contributed by atoms with Crippen LogP contribution in [0.15, 0.2) is 12.2 Å². The molecule has 0 aliphatic carbocycles. The summed E-state index contributed by atoms with van der Waals surface area (Å²) < 4.78 is 10.3. The molecule has 0 aromatic heterocycles. The summed E-state index contributed by atoms with van der Waals surface area (Å²) >= 11 is 0. The summed E-state index contributed by atoms with van der Waals surface area (Å²) in [5.41, 5.74) is 0. The van der Waals surface area contributed by atoms with Crippen molar-refractivity contribution in [3.05, 3.63) is 12.2 Å². The number of hydrogen-bond donors (Lipinski definition) is 0. The second-order valence-corrected chi connectivity index (χ2v) is 10.4. The van der Waals surface area contributed by atoms with Gasteiger partial charge in [0.1, 0.15) is 0 Å². The molecule has 0 atom stereocenters. The summed E-state index contributed by atoms with van der Waals surface area (Å²) in [5.74, 6) is -0.916. The minimum atomic E-state index is -0.458. The summed E-state index contributed by atoms with van der Waals surface area (Å²) in [4.78, 5) is 23.4. The van der Waals surface area contributed by atoms with Crippen LogP contribution in [0.4, 0.5) is 0 Å². The van der Waals surface area contributed by atoms with E-state index in [0.717, 1.165) is 25.7 Å². The summed E-state index contributed by atoms with van der Waals surface area (Å²) in [6, 6.07) is 0. The molecule has 0 heterocycles. The van der Waals surface area contributed by atoms with Gasteiger partial charge in [0.05, 0.1) is 13.2 Å². The predicted molar refractivity (Wildman–Crippen MR) is 154 cm³/mol. The Balaban J connectivity index is -0.00000612. The number of ether oxygens (including phenoxy) is 2. The van der Waals surface area contributed by atoms with Gasteiger partial charge < -0.3 is 10.9 Å². The average Bonchev–Trinajstić information content (AvgIpc) is 2.88. The van der Waals surface area contributed by atoms with Gasteiger partial charge in [0.25, 0.3) is 0 Å². The first-order chi connectivity index (χ1) is 17.7. The molecule has 0 aromatic rings. The molecule has 0 amide bonds. The Morgan fingerprint density at radius 2 is 0.649 bits per heavy atom. The van der Waals surface area contributed by atoms with Crippen molar-refractivity contribution in [3.63, 3.8) is 0 Å². The summed E-state index contributed by atoms with van der Waals surface area (Å²) in [6.45, 7) is 5.37. The normalized spacial score (nSPS) is 11.0. The molecule has 0 saturated carbocycles. The second kappa shape index (κ2) is 33.7. The topological polar surface area (TPSA) is 52.6 Å². The minimum Gasteiger partial charge on any atom is -1.00 e. The number of carbonyl (C=O) groups is 2. The van der Waals surface area contributed by atoms with Gasteiger partial charge in [0, 0.05) is 12.2 Å². The van der Waals surface area contributed by atoms with Gasteiger partial charge in [-0.1, -0.05) is 155 Å². The maximum atomic E-state index is 11.7. The third-order valence-corrected chi connectivity index (χ3v) is 6.84. The first kappa shape index (κ1) is 38.8. The molecule has 0 rings (SSSR count). The molecule has 0 unspecified atom stereocenters. The van der Waals surface area contributed by atoms with E-state index in [1.165, 1.54) is 141 Å². The van der Waals surface area contributed by atoms with E-state index in [0.29, 0.717) is 13.2 Å². The molecular weight excluding hydrogens is 471 g/mol. The Morgan fingerprint density at radius 3 is 0.892 bits per heavy atom. The first-order valence-electron chi connectivity index (χ1n) is 15.7. The molecule has 0 bridgehead atoms. The fourth-order valence-corrected chi connectivity index (χ4v) is 4.46. The van der Waals surface area contributed by atoms with Gasteiger partial charge in [0.15, 0.2) is 0 Å². The smallest absolute Gasteiger partial charge is 1.00 e. The van der Waals surface area contributed by atoms with Gasteiger partial charge in [-0.25, -0.2) is 9.59 Å². The molecule has 0 fully saturated rings. The van der Waals surface area contributed by atoms with Crippen LogP contribution in [-0.4, -0.2) is 25.2 Å².